The van der Waals surface area contributed by atoms with Gasteiger partial charge in [0.25, 0.3) is 0 Å². The summed E-state index contributed by atoms with van der Waals surface area (Å²) in [5.41, 5.74) is 27.1. The first-order chi connectivity index (χ1) is 26.8. The predicted octanol–water partition coefficient (Wildman–Crippen LogP) is 3.88. The monoisotopic (exact) mass is 765 g/mol. The van der Waals surface area contributed by atoms with Gasteiger partial charge >= 0.3 is 0 Å². The third kappa shape index (κ3) is 9.89. The lowest BCUT2D eigenvalue weighted by Crippen LogP contribution is -2.45. The Hall–Kier alpha value is -5.37. The van der Waals surface area contributed by atoms with E-state index in [-0.39, 0.29) is 69.6 Å². The molecule has 0 aromatic heterocycles. The van der Waals surface area contributed by atoms with E-state index in [2.05, 4.69) is 22.4 Å². The molecule has 56 heavy (non-hydrogen) atoms. The summed E-state index contributed by atoms with van der Waals surface area (Å²) < 4.78 is 12.3. The van der Waals surface area contributed by atoms with Crippen molar-refractivity contribution in [3.63, 3.8) is 0 Å². The zero-order chi connectivity index (χ0) is 40.5. The molecule has 3 aromatic rings. The molecule has 298 valence electrons. The molecule has 0 aliphatic carbocycles. The van der Waals surface area contributed by atoms with Gasteiger partial charge in [-0.05, 0) is 74.2 Å². The topological polar surface area (TPSA) is 204 Å². The van der Waals surface area contributed by atoms with Crippen LogP contribution in [0.25, 0.3) is 11.1 Å². The van der Waals surface area contributed by atoms with E-state index in [4.69, 9.17) is 26.7 Å². The van der Waals surface area contributed by atoms with E-state index in [1.54, 1.807) is 32.2 Å². The quantitative estimate of drug-likeness (QED) is 0.150. The molecular weight excluding hydrogens is 711 g/mol. The number of rotatable bonds is 14. The number of ether oxygens (including phenoxy) is 2. The molecule has 2 amide bonds. The maximum Gasteiger partial charge on any atom is 0.226 e. The Bertz CT molecular complexity index is 1990. The van der Waals surface area contributed by atoms with Gasteiger partial charge in [0.15, 0.2) is 11.6 Å². The highest BCUT2D eigenvalue weighted by Crippen LogP contribution is 2.41. The van der Waals surface area contributed by atoms with Gasteiger partial charge in [-0.3, -0.25) is 24.6 Å². The summed E-state index contributed by atoms with van der Waals surface area (Å²) >= 11 is 0. The number of nitrogens with zero attached hydrogens (tertiary/aromatic N) is 2. The molecule has 0 saturated heterocycles. The van der Waals surface area contributed by atoms with Crippen LogP contribution in [0, 0.1) is 25.7 Å². The lowest BCUT2D eigenvalue weighted by Gasteiger charge is -2.32. The Balaban J connectivity index is 1.63. The molecule has 4 bridgehead atoms. The van der Waals surface area contributed by atoms with Crippen molar-refractivity contribution in [1.82, 2.24) is 15.6 Å². The fourth-order valence-corrected chi connectivity index (χ4v) is 7.40. The van der Waals surface area contributed by atoms with Crippen molar-refractivity contribution in [3.05, 3.63) is 94.7 Å². The van der Waals surface area contributed by atoms with Crippen LogP contribution in [0.2, 0.25) is 0 Å². The highest BCUT2D eigenvalue weighted by molar-refractivity contribution is 6.01. The summed E-state index contributed by atoms with van der Waals surface area (Å²) in [4.78, 5) is 58.0. The number of nitrogens with one attached hydrogen (secondary N) is 2. The molecule has 5 rings (SSSR count). The normalized spacial score (nSPS) is 18.9. The number of benzene rings is 3. The van der Waals surface area contributed by atoms with Crippen molar-refractivity contribution >= 4 is 29.1 Å². The second kappa shape index (κ2) is 19.0. The van der Waals surface area contributed by atoms with Crippen molar-refractivity contribution < 1.29 is 28.7 Å². The second-order valence-corrected chi connectivity index (χ2v) is 14.8. The summed E-state index contributed by atoms with van der Waals surface area (Å²) in [6.45, 7) is 10.7. The molecule has 0 fully saturated rings. The van der Waals surface area contributed by atoms with Gasteiger partial charge in [0.05, 0.1) is 11.8 Å². The number of hydrogen-bond acceptors (Lipinski definition) is 11. The smallest absolute Gasteiger partial charge is 0.226 e. The van der Waals surface area contributed by atoms with Crippen molar-refractivity contribution in [2.24, 2.45) is 34.1 Å². The summed E-state index contributed by atoms with van der Waals surface area (Å²) in [5, 5.41) is 7.59. The van der Waals surface area contributed by atoms with E-state index in [1.165, 1.54) is 4.90 Å². The van der Waals surface area contributed by atoms with Gasteiger partial charge < -0.3 is 36.9 Å². The number of allylic oxidation sites excluding steroid dienone is 1. The van der Waals surface area contributed by atoms with Gasteiger partial charge in [-0.25, -0.2) is 0 Å². The van der Waals surface area contributed by atoms with Crippen LogP contribution in [-0.2, 0) is 20.8 Å². The number of carbonyl (C=O) groups excluding carboxylic acids is 4. The van der Waals surface area contributed by atoms with Gasteiger partial charge in [0.1, 0.15) is 30.8 Å². The van der Waals surface area contributed by atoms with Crippen LogP contribution in [-0.4, -0.2) is 79.9 Å². The molecule has 2 aliphatic heterocycles. The largest absolute Gasteiger partial charge is 0.492 e. The Kier molecular flexibility index (Phi) is 14.2. The number of aryl methyl sites for hydroxylation is 2. The SMILES string of the molecule is C=C1CC([C@@H]2Cc3ccc(OCCN)c(c3)-c3cc(ccc3OCCN)[C@H](N(C)C(=O)[C@H](CCN)CC(=O)c3ccc(C)cc3C)C(=O)C[C@@H](C)C(=O)N2)=NN1. The molecule has 0 unspecified atom stereocenters. The van der Waals surface area contributed by atoms with E-state index in [9.17, 15) is 19.2 Å². The predicted molar refractivity (Wildman–Crippen MR) is 217 cm³/mol. The maximum absolute atomic E-state index is 14.6. The fraction of sp³-hybridized carbons (Fsp3) is 0.419. The molecule has 4 atom stereocenters. The molecule has 2 aliphatic rings. The van der Waals surface area contributed by atoms with Gasteiger partial charge in [-0.1, -0.05) is 49.4 Å². The third-order valence-corrected chi connectivity index (χ3v) is 10.3. The number of fused-ring (bicyclic) bond motifs is 5. The summed E-state index contributed by atoms with van der Waals surface area (Å²) in [7, 11) is 1.56. The number of hydrogen-bond donors (Lipinski definition) is 5. The lowest BCUT2D eigenvalue weighted by molar-refractivity contribution is -0.142. The lowest BCUT2D eigenvalue weighted by atomic mass is 9.88. The highest BCUT2D eigenvalue weighted by Gasteiger charge is 2.36. The number of Topliss-reactive ketones (excluding diaryl/α,β-unsaturated/α-hetero) is 2. The van der Waals surface area contributed by atoms with Crippen molar-refractivity contribution in [3.8, 4) is 22.6 Å². The van der Waals surface area contributed by atoms with E-state index in [1.807, 2.05) is 50.2 Å². The van der Waals surface area contributed by atoms with Crippen molar-refractivity contribution in [2.45, 2.75) is 65.0 Å². The summed E-state index contributed by atoms with van der Waals surface area (Å²) in [5.74, 6) is -1.79. The van der Waals surface area contributed by atoms with Crippen LogP contribution in [0.15, 0.2) is 72.0 Å². The summed E-state index contributed by atoms with van der Waals surface area (Å²) in [6.07, 6.45) is 0.831. The molecule has 0 radical (unpaired) electrons. The Morgan fingerprint density at radius 3 is 2.23 bits per heavy atom. The van der Waals surface area contributed by atoms with Crippen LogP contribution in [0.1, 0.15) is 71.3 Å². The zero-order valence-corrected chi connectivity index (χ0v) is 32.9. The van der Waals surface area contributed by atoms with Crippen LogP contribution >= 0.6 is 0 Å². The molecule has 0 spiro atoms. The minimum absolute atomic E-state index is 0.0811. The molecule has 13 nitrogen and oxygen atoms in total. The average Bonchev–Trinajstić information content (AvgIpc) is 3.61. The van der Waals surface area contributed by atoms with Gasteiger partial charge in [0.2, 0.25) is 11.8 Å². The van der Waals surface area contributed by atoms with Gasteiger partial charge in [0, 0.05) is 73.6 Å². The minimum Gasteiger partial charge on any atom is -0.492 e. The highest BCUT2D eigenvalue weighted by atomic mass is 16.5. The van der Waals surface area contributed by atoms with Crippen LogP contribution < -0.4 is 37.4 Å². The number of amides is 2. The maximum atomic E-state index is 14.6. The molecule has 2 heterocycles. The van der Waals surface area contributed by atoms with Crippen molar-refractivity contribution in [2.75, 3.05) is 39.9 Å². The Labute approximate surface area is 329 Å². The molecular formula is C43H55N7O6. The van der Waals surface area contributed by atoms with E-state index in [0.717, 1.165) is 16.7 Å². The number of ketones is 2. The minimum atomic E-state index is -1.13. The average molecular weight is 766 g/mol. The van der Waals surface area contributed by atoms with E-state index < -0.39 is 29.8 Å². The first-order valence-electron chi connectivity index (χ1n) is 19.2. The fourth-order valence-electron chi connectivity index (χ4n) is 7.40. The number of likely N-dealkylation sites (N-methyl/N-ethyl adjacent to an activating group) is 1. The first-order valence-corrected chi connectivity index (χ1v) is 19.2. The summed E-state index contributed by atoms with van der Waals surface area (Å²) in [6, 6.07) is 15.0. The van der Waals surface area contributed by atoms with E-state index in [0.29, 0.717) is 58.0 Å². The third-order valence-electron chi connectivity index (χ3n) is 10.3. The number of nitrogens with two attached hydrogens (primary N) is 3. The molecule has 3 aromatic carbocycles. The van der Waals surface area contributed by atoms with Crippen LogP contribution in [0.3, 0.4) is 0 Å². The molecule has 8 N–H and O–H groups in total. The van der Waals surface area contributed by atoms with Crippen molar-refractivity contribution in [1.29, 1.82) is 0 Å². The zero-order valence-electron chi connectivity index (χ0n) is 32.9. The van der Waals surface area contributed by atoms with Gasteiger partial charge in [-0.2, -0.15) is 5.10 Å². The van der Waals surface area contributed by atoms with Gasteiger partial charge in [-0.15, -0.1) is 0 Å². The Morgan fingerprint density at radius 2 is 1.61 bits per heavy atom. The number of hydrazone groups is 1. The molecule has 13 heteroatoms. The van der Waals surface area contributed by atoms with Crippen LogP contribution in [0.5, 0.6) is 11.5 Å². The number of carbonyl (C=O) groups is 4. The molecule has 0 saturated carbocycles. The van der Waals surface area contributed by atoms with Crippen LogP contribution in [0.4, 0.5) is 0 Å². The first kappa shape index (κ1) is 41.8. The Morgan fingerprint density at radius 1 is 0.929 bits per heavy atom. The standard InChI is InChI=1S/C43H55N7O6/c1-25-6-9-32(26(2)18-25)37(51)24-31(12-13-44)43(54)50(5)41-30-8-11-40(56-17-15-46)34(23-30)33-21-29(7-10-39(33)55-16-14-45)22-35(36-20-28(4)48-49-36)47-42(53)27(3)19-38(41)52/h6-11,18,21,23,27,31,35,41,48H,4,12-17,19-20,22,24,44-46H2,1-3,5H3,(H,47,53)/t27-,31-,35+,41+/m1/s1. The van der Waals surface area contributed by atoms with E-state index >= 15 is 0 Å². The second-order valence-electron chi connectivity index (χ2n) is 14.8.